The molecule has 30 heavy (non-hydrogen) atoms. The number of hydrogen-bond donors (Lipinski definition) is 1. The highest BCUT2D eigenvalue weighted by molar-refractivity contribution is 5.95. The smallest absolute Gasteiger partial charge is 0.251 e. The summed E-state index contributed by atoms with van der Waals surface area (Å²) in [6, 6.07) is 11.4. The number of benzene rings is 2. The van der Waals surface area contributed by atoms with Gasteiger partial charge in [0.25, 0.3) is 5.91 Å². The van der Waals surface area contributed by atoms with E-state index >= 15 is 0 Å². The molecule has 0 atom stereocenters. The van der Waals surface area contributed by atoms with Crippen molar-refractivity contribution in [3.8, 4) is 11.5 Å². The SMILES string of the molecule is Cc1cccc2c(N3CCCC3)nc(CNC(=O)c3ccc4c(c3)OCCO4)nc12. The van der Waals surface area contributed by atoms with Crippen LogP contribution in [0.1, 0.15) is 34.6 Å². The van der Waals surface area contributed by atoms with E-state index in [0.29, 0.717) is 36.1 Å². The molecule has 0 aliphatic carbocycles. The molecule has 3 heterocycles. The van der Waals surface area contributed by atoms with Gasteiger partial charge < -0.3 is 19.7 Å². The summed E-state index contributed by atoms with van der Waals surface area (Å²) in [6.07, 6.45) is 2.35. The zero-order chi connectivity index (χ0) is 20.5. The minimum Gasteiger partial charge on any atom is -0.486 e. The first kappa shape index (κ1) is 18.7. The molecule has 2 aliphatic rings. The fourth-order valence-electron chi connectivity index (χ4n) is 4.02. The molecule has 1 fully saturated rings. The third-order valence-electron chi connectivity index (χ3n) is 5.57. The van der Waals surface area contributed by atoms with E-state index in [0.717, 1.165) is 35.4 Å². The third-order valence-corrected chi connectivity index (χ3v) is 5.57. The maximum atomic E-state index is 12.7. The van der Waals surface area contributed by atoms with E-state index in [9.17, 15) is 4.79 Å². The zero-order valence-electron chi connectivity index (χ0n) is 17.0. The predicted octanol–water partition coefficient (Wildman–Crippen LogP) is 3.24. The number of para-hydroxylation sites is 1. The number of nitrogens with one attached hydrogen (secondary N) is 1. The number of anilines is 1. The maximum absolute atomic E-state index is 12.7. The number of rotatable bonds is 4. The van der Waals surface area contributed by atoms with Crippen molar-refractivity contribution in [2.75, 3.05) is 31.2 Å². The summed E-state index contributed by atoms with van der Waals surface area (Å²) < 4.78 is 11.1. The standard InChI is InChI=1S/C23H24N4O3/c1-15-5-4-6-17-21(15)25-20(26-22(17)27-9-2-3-10-27)14-24-23(28)16-7-8-18-19(13-16)30-12-11-29-18/h4-8,13H,2-3,9-12,14H2,1H3,(H,24,28). The Kier molecular flexibility index (Phi) is 4.86. The van der Waals surface area contributed by atoms with Crippen molar-refractivity contribution in [3.63, 3.8) is 0 Å². The van der Waals surface area contributed by atoms with Crippen LogP contribution in [-0.2, 0) is 6.54 Å². The molecule has 1 amide bonds. The summed E-state index contributed by atoms with van der Waals surface area (Å²) >= 11 is 0. The van der Waals surface area contributed by atoms with Gasteiger partial charge in [-0.1, -0.05) is 12.1 Å². The molecule has 7 nitrogen and oxygen atoms in total. The molecule has 0 unspecified atom stereocenters. The molecular weight excluding hydrogens is 380 g/mol. The van der Waals surface area contributed by atoms with Crippen molar-refractivity contribution < 1.29 is 14.3 Å². The number of carbonyl (C=O) groups excluding carboxylic acids is 1. The van der Waals surface area contributed by atoms with Gasteiger partial charge in [0.05, 0.1) is 12.1 Å². The van der Waals surface area contributed by atoms with Gasteiger partial charge in [0, 0.05) is 24.0 Å². The lowest BCUT2D eigenvalue weighted by molar-refractivity contribution is 0.0948. The summed E-state index contributed by atoms with van der Waals surface area (Å²) in [5, 5.41) is 4.01. The summed E-state index contributed by atoms with van der Waals surface area (Å²) in [4.78, 5) is 24.6. The first-order valence-electron chi connectivity index (χ1n) is 10.4. The molecule has 3 aromatic rings. The highest BCUT2D eigenvalue weighted by Crippen LogP contribution is 2.31. The Balaban J connectivity index is 1.40. The fourth-order valence-corrected chi connectivity index (χ4v) is 4.02. The molecule has 2 aliphatic heterocycles. The predicted molar refractivity (Wildman–Crippen MR) is 114 cm³/mol. The van der Waals surface area contributed by atoms with E-state index in [-0.39, 0.29) is 12.5 Å². The van der Waals surface area contributed by atoms with Crippen LogP contribution in [0, 0.1) is 6.92 Å². The van der Waals surface area contributed by atoms with E-state index in [1.807, 2.05) is 6.07 Å². The summed E-state index contributed by atoms with van der Waals surface area (Å²) in [7, 11) is 0. The van der Waals surface area contributed by atoms with Gasteiger partial charge in [-0.05, 0) is 49.6 Å². The number of hydrogen-bond acceptors (Lipinski definition) is 6. The highest BCUT2D eigenvalue weighted by Gasteiger charge is 2.20. The number of fused-ring (bicyclic) bond motifs is 2. The first-order chi connectivity index (χ1) is 14.7. The topological polar surface area (TPSA) is 76.6 Å². The van der Waals surface area contributed by atoms with Crippen molar-refractivity contribution in [2.24, 2.45) is 0 Å². The summed E-state index contributed by atoms with van der Waals surface area (Å²) in [6.45, 7) is 5.34. The van der Waals surface area contributed by atoms with Crippen molar-refractivity contribution in [1.29, 1.82) is 0 Å². The average Bonchev–Trinajstić information content (AvgIpc) is 3.32. The van der Waals surface area contributed by atoms with Crippen molar-refractivity contribution in [2.45, 2.75) is 26.3 Å². The lowest BCUT2D eigenvalue weighted by Crippen LogP contribution is -2.26. The van der Waals surface area contributed by atoms with Crippen LogP contribution in [0.15, 0.2) is 36.4 Å². The minimum atomic E-state index is -0.192. The molecule has 1 aromatic heterocycles. The van der Waals surface area contributed by atoms with Crippen LogP contribution < -0.4 is 19.7 Å². The maximum Gasteiger partial charge on any atom is 0.251 e. The van der Waals surface area contributed by atoms with E-state index < -0.39 is 0 Å². The van der Waals surface area contributed by atoms with Gasteiger partial charge in [-0.15, -0.1) is 0 Å². The Morgan fingerprint density at radius 3 is 2.70 bits per heavy atom. The molecule has 0 radical (unpaired) electrons. The van der Waals surface area contributed by atoms with Crippen LogP contribution in [0.4, 0.5) is 5.82 Å². The minimum absolute atomic E-state index is 0.192. The normalized spacial score (nSPS) is 15.4. The van der Waals surface area contributed by atoms with Crippen LogP contribution in [-0.4, -0.2) is 42.2 Å². The second kappa shape index (κ2) is 7.82. The molecular formula is C23H24N4O3. The lowest BCUT2D eigenvalue weighted by Gasteiger charge is -2.20. The van der Waals surface area contributed by atoms with Crippen LogP contribution in [0.3, 0.4) is 0 Å². The van der Waals surface area contributed by atoms with Gasteiger partial charge in [-0.2, -0.15) is 0 Å². The first-order valence-corrected chi connectivity index (χ1v) is 10.4. The summed E-state index contributed by atoms with van der Waals surface area (Å²) in [5.41, 5.74) is 2.57. The number of nitrogens with zero attached hydrogens (tertiary/aromatic N) is 3. The van der Waals surface area contributed by atoms with Crippen LogP contribution >= 0.6 is 0 Å². The molecule has 0 spiro atoms. The van der Waals surface area contributed by atoms with Crippen LogP contribution in [0.25, 0.3) is 10.9 Å². The number of aryl methyl sites for hydroxylation is 1. The van der Waals surface area contributed by atoms with E-state index in [2.05, 4.69) is 29.3 Å². The Bertz CT molecular complexity index is 1110. The second-order valence-corrected chi connectivity index (χ2v) is 7.67. The van der Waals surface area contributed by atoms with Gasteiger partial charge in [0.15, 0.2) is 17.3 Å². The average molecular weight is 404 g/mol. The number of amides is 1. The van der Waals surface area contributed by atoms with E-state index in [4.69, 9.17) is 19.4 Å². The highest BCUT2D eigenvalue weighted by atomic mass is 16.6. The van der Waals surface area contributed by atoms with E-state index in [1.54, 1.807) is 18.2 Å². The zero-order valence-corrected chi connectivity index (χ0v) is 17.0. The fraction of sp³-hybridized carbons (Fsp3) is 0.348. The van der Waals surface area contributed by atoms with Gasteiger partial charge in [-0.25, -0.2) is 9.97 Å². The summed E-state index contributed by atoms with van der Waals surface area (Å²) in [5.74, 6) is 2.65. The molecule has 7 heteroatoms. The Hall–Kier alpha value is -3.35. The van der Waals surface area contributed by atoms with Gasteiger partial charge in [0.1, 0.15) is 19.0 Å². The molecule has 0 bridgehead atoms. The molecule has 1 saturated heterocycles. The molecule has 5 rings (SSSR count). The number of carbonyl (C=O) groups is 1. The number of ether oxygens (including phenoxy) is 2. The van der Waals surface area contributed by atoms with Crippen molar-refractivity contribution in [3.05, 3.63) is 53.3 Å². The van der Waals surface area contributed by atoms with Gasteiger partial charge in [-0.3, -0.25) is 4.79 Å². The third kappa shape index (κ3) is 3.51. The van der Waals surface area contributed by atoms with Crippen LogP contribution in [0.5, 0.6) is 11.5 Å². The number of aromatic nitrogens is 2. The quantitative estimate of drug-likeness (QED) is 0.719. The second-order valence-electron chi connectivity index (χ2n) is 7.67. The van der Waals surface area contributed by atoms with Gasteiger partial charge >= 0.3 is 0 Å². The van der Waals surface area contributed by atoms with Gasteiger partial charge in [0.2, 0.25) is 0 Å². The van der Waals surface area contributed by atoms with Crippen molar-refractivity contribution >= 4 is 22.6 Å². The molecule has 1 N–H and O–H groups in total. The van der Waals surface area contributed by atoms with E-state index in [1.165, 1.54) is 12.8 Å². The Morgan fingerprint density at radius 2 is 1.87 bits per heavy atom. The van der Waals surface area contributed by atoms with Crippen molar-refractivity contribution in [1.82, 2.24) is 15.3 Å². The molecule has 0 saturated carbocycles. The Morgan fingerprint density at radius 1 is 1.07 bits per heavy atom. The largest absolute Gasteiger partial charge is 0.486 e. The molecule has 2 aromatic carbocycles. The monoisotopic (exact) mass is 404 g/mol. The Labute approximate surface area is 175 Å². The lowest BCUT2D eigenvalue weighted by atomic mass is 10.1. The van der Waals surface area contributed by atoms with Crippen LogP contribution in [0.2, 0.25) is 0 Å². The molecule has 154 valence electrons.